The van der Waals surface area contributed by atoms with E-state index in [9.17, 15) is 13.2 Å². The van der Waals surface area contributed by atoms with E-state index in [4.69, 9.17) is 16.7 Å². The first kappa shape index (κ1) is 16.3. The lowest BCUT2D eigenvalue weighted by Crippen LogP contribution is -2.22. The fraction of sp³-hybridized carbons (Fsp3) is 0.364. The minimum Gasteiger partial charge on any atom is -0.324 e. The van der Waals surface area contributed by atoms with Crippen LogP contribution in [0, 0.1) is 5.92 Å². The molecule has 0 aromatic heterocycles. The van der Waals surface area contributed by atoms with Crippen molar-refractivity contribution < 1.29 is 13.2 Å². The highest BCUT2D eigenvalue weighted by Gasteiger charge is 2.16. The van der Waals surface area contributed by atoms with E-state index in [0.29, 0.717) is 5.75 Å². The van der Waals surface area contributed by atoms with Crippen molar-refractivity contribution in [2.75, 3.05) is 17.3 Å². The van der Waals surface area contributed by atoms with Crippen LogP contribution in [-0.4, -0.2) is 26.3 Å². The van der Waals surface area contributed by atoms with Gasteiger partial charge in [0.1, 0.15) is 0 Å². The predicted molar refractivity (Wildman–Crippen MR) is 79.0 cm³/mol. The molecule has 0 bridgehead atoms. The molecule has 0 saturated carbocycles. The van der Waals surface area contributed by atoms with Crippen molar-refractivity contribution in [2.45, 2.75) is 11.8 Å². The van der Waals surface area contributed by atoms with Crippen molar-refractivity contribution >= 4 is 45.0 Å². The molecular formula is C11H15ClN2O3S2. The summed E-state index contributed by atoms with van der Waals surface area (Å²) in [6.45, 7) is 1.78. The quantitative estimate of drug-likeness (QED) is 0.866. The summed E-state index contributed by atoms with van der Waals surface area (Å²) in [5, 5.41) is 7.89. The van der Waals surface area contributed by atoms with Crippen molar-refractivity contribution in [3.63, 3.8) is 0 Å². The van der Waals surface area contributed by atoms with Crippen LogP contribution in [0.5, 0.6) is 0 Å². The molecule has 1 unspecified atom stereocenters. The fourth-order valence-electron chi connectivity index (χ4n) is 1.36. The topological polar surface area (TPSA) is 89.3 Å². The number of carbonyl (C=O) groups excluding carboxylic acids is 1. The van der Waals surface area contributed by atoms with E-state index < -0.39 is 10.0 Å². The first-order valence-corrected chi connectivity index (χ1v) is 8.69. The number of halogens is 1. The van der Waals surface area contributed by atoms with Gasteiger partial charge in [0.2, 0.25) is 15.9 Å². The van der Waals surface area contributed by atoms with Gasteiger partial charge in [-0.2, -0.15) is 11.8 Å². The minimum absolute atomic E-state index is 0.0929. The van der Waals surface area contributed by atoms with Crippen molar-refractivity contribution in [3.8, 4) is 0 Å². The molecule has 1 aromatic rings. The van der Waals surface area contributed by atoms with Crippen molar-refractivity contribution in [2.24, 2.45) is 11.1 Å². The molecule has 1 rings (SSSR count). The summed E-state index contributed by atoms with van der Waals surface area (Å²) in [6, 6.07) is 3.93. The Labute approximate surface area is 121 Å². The van der Waals surface area contributed by atoms with Crippen LogP contribution >= 0.6 is 23.4 Å². The van der Waals surface area contributed by atoms with Gasteiger partial charge in [0, 0.05) is 11.7 Å². The summed E-state index contributed by atoms with van der Waals surface area (Å²) < 4.78 is 22.5. The summed E-state index contributed by atoms with van der Waals surface area (Å²) >= 11 is 7.47. The molecule has 0 saturated heterocycles. The molecular weight excluding hydrogens is 308 g/mol. The number of amides is 1. The Morgan fingerprint density at radius 1 is 1.53 bits per heavy atom. The third-order valence-electron chi connectivity index (χ3n) is 2.39. The van der Waals surface area contributed by atoms with Crippen LogP contribution in [0.2, 0.25) is 5.02 Å². The standard InChI is InChI=1S/C11H15ClN2O3S2/c1-7(6-18-2)11(15)14-10-5-8(19(13,16)17)3-4-9(10)12/h3-5,7H,6H2,1-2H3,(H,14,15)(H2,13,16,17). The predicted octanol–water partition coefficient (Wildman–Crippen LogP) is 1.93. The highest BCUT2D eigenvalue weighted by Crippen LogP contribution is 2.25. The average molecular weight is 323 g/mol. The molecule has 3 N–H and O–H groups in total. The van der Waals surface area contributed by atoms with Gasteiger partial charge in [-0.25, -0.2) is 13.6 Å². The van der Waals surface area contributed by atoms with Crippen LogP contribution in [-0.2, 0) is 14.8 Å². The second-order valence-electron chi connectivity index (χ2n) is 4.03. The average Bonchev–Trinajstić information content (AvgIpc) is 2.30. The van der Waals surface area contributed by atoms with Gasteiger partial charge in [-0.15, -0.1) is 0 Å². The first-order chi connectivity index (χ1) is 8.75. The maximum absolute atomic E-state index is 11.9. The molecule has 1 atom stereocenters. The molecule has 106 valence electrons. The lowest BCUT2D eigenvalue weighted by atomic mass is 10.2. The van der Waals surface area contributed by atoms with E-state index >= 15 is 0 Å². The zero-order valence-electron chi connectivity index (χ0n) is 10.5. The number of anilines is 1. The molecule has 1 aromatic carbocycles. The number of benzene rings is 1. The van der Waals surface area contributed by atoms with Crippen LogP contribution in [0.25, 0.3) is 0 Å². The number of nitrogens with two attached hydrogens (primary N) is 1. The molecule has 8 heteroatoms. The van der Waals surface area contributed by atoms with E-state index in [2.05, 4.69) is 5.32 Å². The molecule has 0 aliphatic heterocycles. The van der Waals surface area contributed by atoms with Crippen molar-refractivity contribution in [1.82, 2.24) is 0 Å². The molecule has 0 heterocycles. The van der Waals surface area contributed by atoms with Gasteiger partial charge in [0.25, 0.3) is 0 Å². The molecule has 19 heavy (non-hydrogen) atoms. The summed E-state index contributed by atoms with van der Waals surface area (Å²) in [6.07, 6.45) is 1.90. The number of nitrogens with one attached hydrogen (secondary N) is 1. The van der Waals surface area contributed by atoms with Gasteiger partial charge >= 0.3 is 0 Å². The van der Waals surface area contributed by atoms with Crippen LogP contribution < -0.4 is 10.5 Å². The molecule has 0 fully saturated rings. The smallest absolute Gasteiger partial charge is 0.238 e. The number of hydrogen-bond acceptors (Lipinski definition) is 4. The van der Waals surface area contributed by atoms with Gasteiger partial charge < -0.3 is 5.32 Å². The van der Waals surface area contributed by atoms with Gasteiger partial charge in [-0.3, -0.25) is 4.79 Å². The minimum atomic E-state index is -3.82. The third kappa shape index (κ3) is 4.68. The Hall–Kier alpha value is -0.760. The van der Waals surface area contributed by atoms with E-state index in [1.165, 1.54) is 18.2 Å². The largest absolute Gasteiger partial charge is 0.324 e. The van der Waals surface area contributed by atoms with Gasteiger partial charge in [-0.1, -0.05) is 18.5 Å². The first-order valence-electron chi connectivity index (χ1n) is 5.38. The fourth-order valence-corrected chi connectivity index (χ4v) is 2.71. The maximum Gasteiger partial charge on any atom is 0.238 e. The van der Waals surface area contributed by atoms with Gasteiger partial charge in [-0.05, 0) is 24.5 Å². The lowest BCUT2D eigenvalue weighted by molar-refractivity contribution is -0.118. The third-order valence-corrected chi connectivity index (χ3v) is 4.46. The second kappa shape index (κ2) is 6.60. The Bertz CT molecular complexity index is 575. The van der Waals surface area contributed by atoms with Crippen LogP contribution in [0.3, 0.4) is 0 Å². The van der Waals surface area contributed by atoms with Crippen molar-refractivity contribution in [1.29, 1.82) is 0 Å². The van der Waals surface area contributed by atoms with E-state index in [-0.39, 0.29) is 27.4 Å². The number of rotatable bonds is 5. The zero-order valence-corrected chi connectivity index (χ0v) is 12.9. The Kier molecular flexibility index (Phi) is 5.66. The monoisotopic (exact) mass is 322 g/mol. The van der Waals surface area contributed by atoms with Crippen LogP contribution in [0.1, 0.15) is 6.92 Å². The number of sulfonamides is 1. The molecule has 0 spiro atoms. The van der Waals surface area contributed by atoms with Gasteiger partial charge in [0.05, 0.1) is 15.6 Å². The summed E-state index contributed by atoms with van der Waals surface area (Å²) in [5.74, 6) is 0.241. The number of thioether (sulfide) groups is 1. The lowest BCUT2D eigenvalue weighted by Gasteiger charge is -2.12. The van der Waals surface area contributed by atoms with Crippen LogP contribution in [0.4, 0.5) is 5.69 Å². The molecule has 0 aliphatic rings. The molecule has 0 radical (unpaired) electrons. The van der Waals surface area contributed by atoms with E-state index in [1.807, 2.05) is 6.26 Å². The molecule has 5 nitrogen and oxygen atoms in total. The Morgan fingerprint density at radius 3 is 2.68 bits per heavy atom. The summed E-state index contributed by atoms with van der Waals surface area (Å²) in [7, 11) is -3.82. The normalized spacial score (nSPS) is 13.1. The maximum atomic E-state index is 11.9. The number of hydrogen-bond donors (Lipinski definition) is 2. The van der Waals surface area contributed by atoms with E-state index in [0.717, 1.165) is 0 Å². The number of carbonyl (C=O) groups is 1. The highest BCUT2D eigenvalue weighted by atomic mass is 35.5. The second-order valence-corrected chi connectivity index (χ2v) is 6.91. The van der Waals surface area contributed by atoms with Crippen molar-refractivity contribution in [3.05, 3.63) is 23.2 Å². The zero-order chi connectivity index (χ0) is 14.6. The SMILES string of the molecule is CSCC(C)C(=O)Nc1cc(S(N)(=O)=O)ccc1Cl. The van der Waals surface area contributed by atoms with E-state index in [1.54, 1.807) is 18.7 Å². The molecule has 0 aliphatic carbocycles. The summed E-state index contributed by atoms with van der Waals surface area (Å²) in [5.41, 5.74) is 0.242. The van der Waals surface area contributed by atoms with Gasteiger partial charge in [0.15, 0.2) is 0 Å². The molecule has 1 amide bonds. The Balaban J connectivity index is 2.98. The van der Waals surface area contributed by atoms with Crippen LogP contribution in [0.15, 0.2) is 23.1 Å². The highest BCUT2D eigenvalue weighted by molar-refractivity contribution is 7.98. The number of primary sulfonamides is 1. The summed E-state index contributed by atoms with van der Waals surface area (Å²) in [4.78, 5) is 11.8. The Morgan fingerprint density at radius 2 is 2.16 bits per heavy atom.